The van der Waals surface area contributed by atoms with E-state index in [9.17, 15) is 0 Å². The number of benzene rings is 2. The van der Waals surface area contributed by atoms with E-state index < -0.39 is 0 Å². The normalized spacial score (nSPS) is 13.0. The molecule has 4 rings (SSSR count). The average molecular weight is 338 g/mol. The minimum atomic E-state index is 0.766. The highest BCUT2D eigenvalue weighted by Gasteiger charge is 2.24. The Morgan fingerprint density at radius 2 is 1.79 bits per heavy atom. The van der Waals surface area contributed by atoms with Crippen LogP contribution < -0.4 is 5.32 Å². The minimum absolute atomic E-state index is 0.766. The summed E-state index contributed by atoms with van der Waals surface area (Å²) in [4.78, 5) is 0. The molecule has 4 heteroatoms. The molecule has 0 saturated carbocycles. The molecule has 1 aliphatic rings. The molecule has 0 fully saturated rings. The first-order valence-electron chi connectivity index (χ1n) is 8.24. The van der Waals surface area contributed by atoms with Gasteiger partial charge in [0.1, 0.15) is 5.82 Å². The topological polar surface area (TPSA) is 29.9 Å². The third-order valence-electron chi connectivity index (χ3n) is 4.55. The van der Waals surface area contributed by atoms with Crippen molar-refractivity contribution in [3.8, 4) is 16.9 Å². The standard InChI is InChI=1S/C20H20ClN3/c1-12-8-13(2)10-15(9-12)19-17-6-7-22-20(17)24(23-19)16-5-4-14(3)18(21)11-16/h4-5,8-11,22H,6-7H2,1-3H3. The van der Waals surface area contributed by atoms with Crippen LogP contribution in [0.15, 0.2) is 36.4 Å². The lowest BCUT2D eigenvalue weighted by molar-refractivity contribution is 0.882. The fourth-order valence-electron chi connectivity index (χ4n) is 3.42. The predicted molar refractivity (Wildman–Crippen MR) is 100 cm³/mol. The summed E-state index contributed by atoms with van der Waals surface area (Å²) in [7, 11) is 0. The second kappa shape index (κ2) is 5.67. The molecule has 0 radical (unpaired) electrons. The molecule has 122 valence electrons. The van der Waals surface area contributed by atoms with Gasteiger partial charge in [-0.2, -0.15) is 5.10 Å². The number of anilines is 1. The number of hydrogen-bond donors (Lipinski definition) is 1. The number of aryl methyl sites for hydroxylation is 3. The minimum Gasteiger partial charge on any atom is -0.369 e. The third-order valence-corrected chi connectivity index (χ3v) is 4.95. The molecule has 0 spiro atoms. The van der Waals surface area contributed by atoms with E-state index in [1.807, 2.05) is 23.7 Å². The van der Waals surface area contributed by atoms with Gasteiger partial charge >= 0.3 is 0 Å². The van der Waals surface area contributed by atoms with E-state index in [-0.39, 0.29) is 0 Å². The molecule has 3 nitrogen and oxygen atoms in total. The summed E-state index contributed by atoms with van der Waals surface area (Å²) >= 11 is 6.32. The number of nitrogens with one attached hydrogen (secondary N) is 1. The predicted octanol–water partition coefficient (Wildman–Crippen LogP) is 5.09. The van der Waals surface area contributed by atoms with E-state index in [4.69, 9.17) is 16.7 Å². The third kappa shape index (κ3) is 2.49. The van der Waals surface area contributed by atoms with Crippen LogP contribution in [0.5, 0.6) is 0 Å². The zero-order valence-electron chi connectivity index (χ0n) is 14.2. The highest BCUT2D eigenvalue weighted by Crippen LogP contribution is 2.35. The van der Waals surface area contributed by atoms with Gasteiger partial charge in [-0.25, -0.2) is 4.68 Å². The van der Waals surface area contributed by atoms with Crippen LogP contribution >= 0.6 is 11.6 Å². The Balaban J connectivity index is 1.90. The number of nitrogens with zero attached hydrogens (tertiary/aromatic N) is 2. The first-order chi connectivity index (χ1) is 11.5. The summed E-state index contributed by atoms with van der Waals surface area (Å²) in [5.74, 6) is 1.09. The lowest BCUT2D eigenvalue weighted by Gasteiger charge is -2.08. The number of hydrogen-bond acceptors (Lipinski definition) is 2. The summed E-state index contributed by atoms with van der Waals surface area (Å²) in [5, 5.41) is 9.17. The Bertz CT molecular complexity index is 920. The van der Waals surface area contributed by atoms with Crippen LogP contribution in [-0.2, 0) is 6.42 Å². The van der Waals surface area contributed by atoms with Gasteiger partial charge in [-0.1, -0.05) is 34.9 Å². The molecular formula is C20H20ClN3. The van der Waals surface area contributed by atoms with Crippen molar-refractivity contribution in [2.45, 2.75) is 27.2 Å². The van der Waals surface area contributed by atoms with Crippen LogP contribution in [0.4, 0.5) is 5.82 Å². The Labute approximate surface area is 147 Å². The van der Waals surface area contributed by atoms with Gasteiger partial charge in [0.15, 0.2) is 0 Å². The largest absolute Gasteiger partial charge is 0.369 e. The lowest BCUT2D eigenvalue weighted by atomic mass is 10.0. The van der Waals surface area contributed by atoms with Gasteiger partial charge < -0.3 is 5.32 Å². The van der Waals surface area contributed by atoms with Crippen LogP contribution in [0, 0.1) is 20.8 Å². The van der Waals surface area contributed by atoms with E-state index in [0.29, 0.717) is 0 Å². The first-order valence-corrected chi connectivity index (χ1v) is 8.61. The van der Waals surface area contributed by atoms with Gasteiger partial charge in [0.05, 0.1) is 11.4 Å². The Hall–Kier alpha value is -2.26. The van der Waals surface area contributed by atoms with Crippen molar-refractivity contribution in [3.05, 3.63) is 63.7 Å². The van der Waals surface area contributed by atoms with E-state index in [0.717, 1.165) is 40.8 Å². The van der Waals surface area contributed by atoms with Crippen molar-refractivity contribution in [1.82, 2.24) is 9.78 Å². The Morgan fingerprint density at radius 3 is 2.50 bits per heavy atom. The molecule has 2 aromatic carbocycles. The molecule has 0 saturated heterocycles. The van der Waals surface area contributed by atoms with Crippen LogP contribution in [0.1, 0.15) is 22.3 Å². The van der Waals surface area contributed by atoms with Gasteiger partial charge in [-0.05, 0) is 57.0 Å². The summed E-state index contributed by atoms with van der Waals surface area (Å²) in [6.45, 7) is 7.22. The second-order valence-corrected chi connectivity index (χ2v) is 6.98. The molecule has 24 heavy (non-hydrogen) atoms. The maximum absolute atomic E-state index is 6.32. The van der Waals surface area contributed by atoms with Crippen LogP contribution in [0.3, 0.4) is 0 Å². The molecule has 0 atom stereocenters. The molecule has 1 aromatic heterocycles. The summed E-state index contributed by atoms with van der Waals surface area (Å²) < 4.78 is 1.99. The molecule has 1 aliphatic heterocycles. The maximum atomic E-state index is 6.32. The van der Waals surface area contributed by atoms with Crippen molar-refractivity contribution < 1.29 is 0 Å². The maximum Gasteiger partial charge on any atom is 0.133 e. The molecule has 2 heterocycles. The SMILES string of the molecule is Cc1cc(C)cc(-c2nn(-c3ccc(C)c(Cl)c3)c3c2CCN3)c1. The van der Waals surface area contributed by atoms with Crippen molar-refractivity contribution >= 4 is 17.4 Å². The fourth-order valence-corrected chi connectivity index (χ4v) is 3.59. The molecule has 0 unspecified atom stereocenters. The summed E-state index contributed by atoms with van der Waals surface area (Å²) in [5.41, 5.74) is 8.13. The van der Waals surface area contributed by atoms with E-state index >= 15 is 0 Å². The summed E-state index contributed by atoms with van der Waals surface area (Å²) in [6, 6.07) is 12.7. The van der Waals surface area contributed by atoms with E-state index in [1.165, 1.54) is 22.3 Å². The van der Waals surface area contributed by atoms with E-state index in [2.05, 4.69) is 43.4 Å². The first kappa shape index (κ1) is 15.3. The highest BCUT2D eigenvalue weighted by atomic mass is 35.5. The Kier molecular flexibility index (Phi) is 3.61. The van der Waals surface area contributed by atoms with Crippen LogP contribution in [-0.4, -0.2) is 16.3 Å². The number of rotatable bonds is 2. The van der Waals surface area contributed by atoms with E-state index in [1.54, 1.807) is 0 Å². The van der Waals surface area contributed by atoms with Gasteiger partial charge in [0.25, 0.3) is 0 Å². The second-order valence-electron chi connectivity index (χ2n) is 6.57. The average Bonchev–Trinajstić information content (AvgIpc) is 3.11. The van der Waals surface area contributed by atoms with Crippen LogP contribution in [0.25, 0.3) is 16.9 Å². The number of aromatic nitrogens is 2. The molecule has 1 N–H and O–H groups in total. The molecule has 3 aromatic rings. The highest BCUT2D eigenvalue weighted by molar-refractivity contribution is 6.31. The zero-order valence-corrected chi connectivity index (χ0v) is 14.9. The zero-order chi connectivity index (χ0) is 16.8. The quantitative estimate of drug-likeness (QED) is 0.706. The Morgan fingerprint density at radius 1 is 1.04 bits per heavy atom. The smallest absolute Gasteiger partial charge is 0.133 e. The molecule has 0 bridgehead atoms. The molecular weight excluding hydrogens is 318 g/mol. The van der Waals surface area contributed by atoms with Crippen LogP contribution in [0.2, 0.25) is 5.02 Å². The monoisotopic (exact) mass is 337 g/mol. The van der Waals surface area contributed by atoms with Gasteiger partial charge in [-0.15, -0.1) is 0 Å². The van der Waals surface area contributed by atoms with Crippen molar-refractivity contribution in [3.63, 3.8) is 0 Å². The van der Waals surface area contributed by atoms with Crippen molar-refractivity contribution in [2.75, 3.05) is 11.9 Å². The summed E-state index contributed by atoms with van der Waals surface area (Å²) in [6.07, 6.45) is 0.997. The van der Waals surface area contributed by atoms with Gasteiger partial charge in [0, 0.05) is 22.7 Å². The number of halogens is 1. The lowest BCUT2D eigenvalue weighted by Crippen LogP contribution is -2.04. The van der Waals surface area contributed by atoms with Gasteiger partial charge in [0.2, 0.25) is 0 Å². The van der Waals surface area contributed by atoms with Gasteiger partial charge in [-0.3, -0.25) is 0 Å². The van der Waals surface area contributed by atoms with Crippen molar-refractivity contribution in [1.29, 1.82) is 0 Å². The molecule has 0 aliphatic carbocycles. The molecule has 0 amide bonds. The van der Waals surface area contributed by atoms with Crippen molar-refractivity contribution in [2.24, 2.45) is 0 Å². The fraction of sp³-hybridized carbons (Fsp3) is 0.250. The number of fused-ring (bicyclic) bond motifs is 1.